The number of non-ortho nitro benzene ring substituents is 1. The van der Waals surface area contributed by atoms with Crippen molar-refractivity contribution in [3.63, 3.8) is 0 Å². The summed E-state index contributed by atoms with van der Waals surface area (Å²) in [4.78, 5) is 36.8. The van der Waals surface area contributed by atoms with E-state index >= 15 is 0 Å². The number of anilines is 2. The Balaban J connectivity index is 1.65. The molecule has 1 fully saturated rings. The molecular weight excluding hydrogens is 362 g/mol. The van der Waals surface area contributed by atoms with Crippen LogP contribution in [0.3, 0.4) is 0 Å². The number of nitro benzene ring substituents is 1. The summed E-state index contributed by atoms with van der Waals surface area (Å²) in [6.45, 7) is 0. The Hall–Kier alpha value is -3.33. The molecule has 10 heteroatoms. The summed E-state index contributed by atoms with van der Waals surface area (Å²) in [6, 6.07) is 9.98. The lowest BCUT2D eigenvalue weighted by Crippen LogP contribution is -2.39. The highest BCUT2D eigenvalue weighted by molar-refractivity contribution is 6.31. The number of hydrogen-bond acceptors (Lipinski definition) is 7. The summed E-state index contributed by atoms with van der Waals surface area (Å²) in [5, 5.41) is 20.4. The van der Waals surface area contributed by atoms with Gasteiger partial charge in [-0.05, 0) is 36.4 Å². The molecule has 0 aliphatic carbocycles. The van der Waals surface area contributed by atoms with Crippen molar-refractivity contribution >= 4 is 40.5 Å². The van der Waals surface area contributed by atoms with Gasteiger partial charge in [0.25, 0.3) is 17.5 Å². The van der Waals surface area contributed by atoms with Crippen LogP contribution >= 0.6 is 11.6 Å². The van der Waals surface area contributed by atoms with Crippen molar-refractivity contribution in [1.82, 2.24) is 0 Å². The highest BCUT2D eigenvalue weighted by Crippen LogP contribution is 2.35. The number of rotatable bonds is 3. The second-order valence-electron chi connectivity index (χ2n) is 5.70. The molecule has 0 radical (unpaired) electrons. The second kappa shape index (κ2) is 5.88. The summed E-state index contributed by atoms with van der Waals surface area (Å²) >= 11 is 5.85. The molecule has 2 aromatic carbocycles. The van der Waals surface area contributed by atoms with Crippen LogP contribution in [-0.4, -0.2) is 28.8 Å². The normalized spacial score (nSPS) is 21.4. The van der Waals surface area contributed by atoms with Crippen LogP contribution < -0.4 is 9.91 Å². The molecule has 2 aromatic rings. The van der Waals surface area contributed by atoms with E-state index in [0.717, 1.165) is 4.90 Å². The molecule has 2 aliphatic heterocycles. The van der Waals surface area contributed by atoms with Crippen molar-refractivity contribution in [2.75, 3.05) is 9.91 Å². The summed E-state index contributed by atoms with van der Waals surface area (Å²) in [6.07, 6.45) is 0. The lowest BCUT2D eigenvalue weighted by Gasteiger charge is -2.20. The van der Waals surface area contributed by atoms with Crippen LogP contribution in [0.15, 0.2) is 58.9 Å². The van der Waals surface area contributed by atoms with Crippen molar-refractivity contribution in [1.29, 1.82) is 0 Å². The van der Waals surface area contributed by atoms with Crippen molar-refractivity contribution in [3.8, 4) is 0 Å². The average molecular weight is 372 g/mol. The van der Waals surface area contributed by atoms with E-state index in [2.05, 4.69) is 10.3 Å². The fourth-order valence-corrected chi connectivity index (χ4v) is 3.07. The molecule has 4 rings (SSSR count). The molecule has 0 bridgehead atoms. The number of imide groups is 1. The molecule has 1 saturated heterocycles. The molecule has 2 amide bonds. The third-order valence-electron chi connectivity index (χ3n) is 4.19. The van der Waals surface area contributed by atoms with Gasteiger partial charge < -0.3 is 0 Å². The minimum absolute atomic E-state index is 0.0851. The fraction of sp³-hybridized carbons (Fsp3) is 0.125. The summed E-state index contributed by atoms with van der Waals surface area (Å²) in [5.41, 5.74) is 0.752. The third-order valence-corrected chi connectivity index (χ3v) is 4.44. The first-order chi connectivity index (χ1) is 12.5. The summed E-state index contributed by atoms with van der Waals surface area (Å²) in [7, 11) is 0. The monoisotopic (exact) mass is 371 g/mol. The van der Waals surface area contributed by atoms with Crippen LogP contribution in [0.5, 0.6) is 0 Å². The number of fused-ring (bicyclic) bond motifs is 1. The topological polar surface area (TPSA) is 108 Å². The molecule has 2 unspecified atom stereocenters. The van der Waals surface area contributed by atoms with Crippen LogP contribution in [0.25, 0.3) is 0 Å². The highest BCUT2D eigenvalue weighted by atomic mass is 35.5. The van der Waals surface area contributed by atoms with E-state index < -0.39 is 28.8 Å². The first-order valence-corrected chi connectivity index (χ1v) is 7.93. The fourth-order valence-electron chi connectivity index (χ4n) is 2.95. The molecule has 130 valence electrons. The summed E-state index contributed by atoms with van der Waals surface area (Å²) in [5.74, 6) is -0.943. The number of carbonyl (C=O) groups is 2. The van der Waals surface area contributed by atoms with Gasteiger partial charge in [0.2, 0.25) is 0 Å². The number of nitro groups is 1. The number of nitrogens with zero attached hydrogens (tertiary/aromatic N) is 5. The zero-order chi connectivity index (χ0) is 18.4. The molecule has 0 saturated carbocycles. The first-order valence-electron chi connectivity index (χ1n) is 7.55. The van der Waals surface area contributed by atoms with Gasteiger partial charge in [0, 0.05) is 17.2 Å². The Morgan fingerprint density at radius 3 is 2.19 bits per heavy atom. The summed E-state index contributed by atoms with van der Waals surface area (Å²) < 4.78 is 0. The lowest BCUT2D eigenvalue weighted by molar-refractivity contribution is -0.384. The molecule has 2 aliphatic rings. The Morgan fingerprint density at radius 1 is 0.962 bits per heavy atom. The lowest BCUT2D eigenvalue weighted by atomic mass is 10.1. The Morgan fingerprint density at radius 2 is 1.58 bits per heavy atom. The number of hydrogen-bond donors (Lipinski definition) is 0. The van der Waals surface area contributed by atoms with Gasteiger partial charge in [-0.3, -0.25) is 19.7 Å². The van der Waals surface area contributed by atoms with Crippen molar-refractivity contribution < 1.29 is 14.5 Å². The van der Waals surface area contributed by atoms with Crippen LogP contribution in [0, 0.1) is 10.1 Å². The van der Waals surface area contributed by atoms with E-state index in [4.69, 9.17) is 11.6 Å². The SMILES string of the molecule is O=C1C2N=NN(c3ccc([N+](=O)[O-])cc3)C2C(=O)N1c1ccc(Cl)cc1. The maximum atomic E-state index is 12.8. The van der Waals surface area contributed by atoms with Crippen LogP contribution in [0.4, 0.5) is 17.1 Å². The van der Waals surface area contributed by atoms with E-state index in [9.17, 15) is 19.7 Å². The van der Waals surface area contributed by atoms with Crippen LogP contribution in [-0.2, 0) is 9.59 Å². The Kier molecular flexibility index (Phi) is 3.66. The van der Waals surface area contributed by atoms with Gasteiger partial charge in [-0.1, -0.05) is 16.8 Å². The van der Waals surface area contributed by atoms with E-state index in [1.165, 1.54) is 29.3 Å². The van der Waals surface area contributed by atoms with Crippen LogP contribution in [0.1, 0.15) is 0 Å². The van der Waals surface area contributed by atoms with E-state index in [1.807, 2.05) is 0 Å². The number of carbonyl (C=O) groups excluding carboxylic acids is 2. The number of amides is 2. The first kappa shape index (κ1) is 16.2. The molecule has 0 spiro atoms. The standard InChI is InChI=1S/C16H10ClN5O4/c17-9-1-3-10(4-2-9)20-15(23)13-14(16(20)24)21(19-18-13)11-5-7-12(8-6-11)22(25)26/h1-8,13-14H. The highest BCUT2D eigenvalue weighted by Gasteiger charge is 2.55. The van der Waals surface area contributed by atoms with Gasteiger partial charge in [-0.15, -0.1) is 0 Å². The molecule has 26 heavy (non-hydrogen) atoms. The zero-order valence-electron chi connectivity index (χ0n) is 13.0. The Bertz CT molecular complexity index is 944. The maximum absolute atomic E-state index is 12.8. The largest absolute Gasteiger partial charge is 0.271 e. The van der Waals surface area contributed by atoms with E-state index in [1.54, 1.807) is 24.3 Å². The second-order valence-corrected chi connectivity index (χ2v) is 6.14. The number of halogens is 1. The third kappa shape index (κ3) is 2.40. The molecule has 0 aromatic heterocycles. The molecular formula is C16H10ClN5O4. The van der Waals surface area contributed by atoms with Gasteiger partial charge >= 0.3 is 0 Å². The Labute approximate surface area is 151 Å². The van der Waals surface area contributed by atoms with E-state index in [0.29, 0.717) is 16.4 Å². The molecule has 2 heterocycles. The molecule has 0 N–H and O–H groups in total. The van der Waals surface area contributed by atoms with E-state index in [-0.39, 0.29) is 5.69 Å². The quantitative estimate of drug-likeness (QED) is 0.468. The van der Waals surface area contributed by atoms with Crippen molar-refractivity contribution in [2.45, 2.75) is 12.1 Å². The minimum atomic E-state index is -0.951. The number of benzene rings is 2. The smallest absolute Gasteiger partial charge is 0.269 e. The molecule has 2 atom stereocenters. The zero-order valence-corrected chi connectivity index (χ0v) is 13.8. The van der Waals surface area contributed by atoms with Gasteiger partial charge in [-0.2, -0.15) is 5.11 Å². The molecule has 9 nitrogen and oxygen atoms in total. The average Bonchev–Trinajstić information content (AvgIpc) is 3.17. The predicted octanol–water partition coefficient (Wildman–Crippen LogP) is 2.75. The van der Waals surface area contributed by atoms with Gasteiger partial charge in [0.05, 0.1) is 16.3 Å². The van der Waals surface area contributed by atoms with Crippen LogP contribution in [0.2, 0.25) is 5.02 Å². The van der Waals surface area contributed by atoms with Gasteiger partial charge in [0.15, 0.2) is 12.1 Å². The van der Waals surface area contributed by atoms with Crippen molar-refractivity contribution in [2.24, 2.45) is 10.3 Å². The van der Waals surface area contributed by atoms with Crippen molar-refractivity contribution in [3.05, 3.63) is 63.7 Å². The maximum Gasteiger partial charge on any atom is 0.269 e. The predicted molar refractivity (Wildman–Crippen MR) is 92.0 cm³/mol. The van der Waals surface area contributed by atoms with Gasteiger partial charge in [0.1, 0.15) is 0 Å². The van der Waals surface area contributed by atoms with Gasteiger partial charge in [-0.25, -0.2) is 9.91 Å². The minimum Gasteiger partial charge on any atom is -0.271 e.